The van der Waals surface area contributed by atoms with Crippen molar-refractivity contribution in [1.29, 1.82) is 0 Å². The quantitative estimate of drug-likeness (QED) is 0.748. The topological polar surface area (TPSA) is 58.6 Å². The van der Waals surface area contributed by atoms with Crippen LogP contribution in [0.2, 0.25) is 0 Å². The van der Waals surface area contributed by atoms with Gasteiger partial charge in [0.25, 0.3) is 0 Å². The van der Waals surface area contributed by atoms with E-state index in [0.29, 0.717) is 0 Å². The average molecular weight is 221 g/mol. The van der Waals surface area contributed by atoms with Gasteiger partial charge in [0, 0.05) is 17.8 Å². The van der Waals surface area contributed by atoms with Crippen molar-refractivity contribution < 1.29 is 14.6 Å². The summed E-state index contributed by atoms with van der Waals surface area (Å²) in [5.41, 5.74) is 0.920. The lowest BCUT2D eigenvalue weighted by Crippen LogP contribution is -2.12. The maximum absolute atomic E-state index is 10.3. The van der Waals surface area contributed by atoms with Gasteiger partial charge in [-0.25, -0.2) is 4.79 Å². The number of methoxy groups -OCH3 is 1. The Morgan fingerprint density at radius 3 is 2.56 bits per heavy atom. The molecule has 16 heavy (non-hydrogen) atoms. The van der Waals surface area contributed by atoms with E-state index in [-0.39, 0.29) is 6.04 Å². The van der Waals surface area contributed by atoms with E-state index >= 15 is 0 Å². The molecular weight excluding hydrogens is 206 g/mol. The number of anilines is 1. The summed E-state index contributed by atoms with van der Waals surface area (Å²) >= 11 is 0. The standard InChI is InChI=1S/C12H15NO3/c1-9(3-8-12(14)15)13-10-4-6-11(16-2)7-5-10/h3-9,13H,1-2H3,(H,14,15)/b8-3+. The molecule has 0 saturated carbocycles. The fourth-order valence-electron chi connectivity index (χ4n) is 1.22. The van der Waals surface area contributed by atoms with Gasteiger partial charge in [0.15, 0.2) is 0 Å². The molecule has 0 bridgehead atoms. The molecular formula is C12H15NO3. The molecule has 1 rings (SSSR count). The largest absolute Gasteiger partial charge is 0.497 e. The fraction of sp³-hybridized carbons (Fsp3) is 0.250. The number of rotatable bonds is 5. The van der Waals surface area contributed by atoms with Crippen LogP contribution < -0.4 is 10.1 Å². The fourth-order valence-corrected chi connectivity index (χ4v) is 1.22. The molecule has 0 aromatic heterocycles. The van der Waals surface area contributed by atoms with Crippen molar-refractivity contribution in [2.45, 2.75) is 13.0 Å². The minimum atomic E-state index is -0.941. The van der Waals surface area contributed by atoms with Crippen molar-refractivity contribution in [2.75, 3.05) is 12.4 Å². The van der Waals surface area contributed by atoms with Gasteiger partial charge in [0.05, 0.1) is 7.11 Å². The predicted octanol–water partition coefficient (Wildman–Crippen LogP) is 2.14. The number of benzene rings is 1. The summed E-state index contributed by atoms with van der Waals surface area (Å²) < 4.78 is 5.03. The zero-order valence-corrected chi connectivity index (χ0v) is 9.31. The van der Waals surface area contributed by atoms with Crippen LogP contribution in [0.1, 0.15) is 6.92 Å². The Balaban J connectivity index is 2.55. The third kappa shape index (κ3) is 4.04. The number of carboxylic acid groups (broad SMARTS) is 1. The van der Waals surface area contributed by atoms with Crippen LogP contribution in [0.3, 0.4) is 0 Å². The Bertz CT molecular complexity index is 370. The Hall–Kier alpha value is -1.97. The van der Waals surface area contributed by atoms with Gasteiger partial charge in [0.1, 0.15) is 5.75 Å². The first-order valence-corrected chi connectivity index (χ1v) is 4.93. The van der Waals surface area contributed by atoms with Crippen LogP contribution in [0.15, 0.2) is 36.4 Å². The average Bonchev–Trinajstić information content (AvgIpc) is 2.27. The molecule has 0 aliphatic rings. The number of hydrogen-bond donors (Lipinski definition) is 2. The summed E-state index contributed by atoms with van der Waals surface area (Å²) in [7, 11) is 1.61. The molecule has 2 N–H and O–H groups in total. The highest BCUT2D eigenvalue weighted by Gasteiger charge is 1.98. The molecule has 0 spiro atoms. The van der Waals surface area contributed by atoms with Gasteiger partial charge in [0.2, 0.25) is 0 Å². The second-order valence-electron chi connectivity index (χ2n) is 3.36. The summed E-state index contributed by atoms with van der Waals surface area (Å²) in [6, 6.07) is 7.41. The zero-order chi connectivity index (χ0) is 12.0. The van der Waals surface area contributed by atoms with Gasteiger partial charge in [-0.2, -0.15) is 0 Å². The lowest BCUT2D eigenvalue weighted by molar-refractivity contribution is -0.131. The van der Waals surface area contributed by atoms with E-state index < -0.39 is 5.97 Å². The van der Waals surface area contributed by atoms with Crippen LogP contribution >= 0.6 is 0 Å². The van der Waals surface area contributed by atoms with E-state index in [1.54, 1.807) is 13.2 Å². The molecule has 1 atom stereocenters. The molecule has 0 radical (unpaired) electrons. The van der Waals surface area contributed by atoms with Crippen LogP contribution in [-0.4, -0.2) is 24.2 Å². The highest BCUT2D eigenvalue weighted by Crippen LogP contribution is 2.15. The summed E-state index contributed by atoms with van der Waals surface area (Å²) in [5, 5.41) is 11.6. The molecule has 1 aromatic rings. The van der Waals surface area contributed by atoms with Crippen molar-refractivity contribution in [2.24, 2.45) is 0 Å². The SMILES string of the molecule is COc1ccc(NC(C)/C=C/C(=O)O)cc1. The van der Waals surface area contributed by atoms with Gasteiger partial charge in [-0.3, -0.25) is 0 Å². The minimum Gasteiger partial charge on any atom is -0.497 e. The number of nitrogens with one attached hydrogen (secondary N) is 1. The number of hydrogen-bond acceptors (Lipinski definition) is 3. The van der Waals surface area contributed by atoms with Crippen LogP contribution in [0.4, 0.5) is 5.69 Å². The van der Waals surface area contributed by atoms with Crippen molar-refractivity contribution in [3.8, 4) is 5.75 Å². The van der Waals surface area contributed by atoms with E-state index in [1.807, 2.05) is 31.2 Å². The number of carbonyl (C=O) groups is 1. The Kier molecular flexibility index (Phi) is 4.39. The molecule has 4 nitrogen and oxygen atoms in total. The predicted molar refractivity (Wildman–Crippen MR) is 62.9 cm³/mol. The first kappa shape index (κ1) is 12.1. The normalized spacial score (nSPS) is 12.4. The Labute approximate surface area is 94.6 Å². The van der Waals surface area contributed by atoms with E-state index in [9.17, 15) is 4.79 Å². The molecule has 0 amide bonds. The van der Waals surface area contributed by atoms with Crippen molar-refractivity contribution in [3.63, 3.8) is 0 Å². The zero-order valence-electron chi connectivity index (χ0n) is 9.31. The molecule has 4 heteroatoms. The summed E-state index contributed by atoms with van der Waals surface area (Å²) in [6.07, 6.45) is 2.72. The minimum absolute atomic E-state index is 0.0375. The molecule has 0 aliphatic carbocycles. The lowest BCUT2D eigenvalue weighted by Gasteiger charge is -2.11. The highest BCUT2D eigenvalue weighted by atomic mass is 16.5. The molecule has 0 aliphatic heterocycles. The smallest absolute Gasteiger partial charge is 0.328 e. The van der Waals surface area contributed by atoms with Gasteiger partial charge < -0.3 is 15.2 Å². The molecule has 1 aromatic carbocycles. The molecule has 1 unspecified atom stereocenters. The summed E-state index contributed by atoms with van der Waals surface area (Å²) in [4.78, 5) is 10.3. The van der Waals surface area contributed by atoms with E-state index in [4.69, 9.17) is 9.84 Å². The van der Waals surface area contributed by atoms with Crippen LogP contribution in [0.5, 0.6) is 5.75 Å². The van der Waals surface area contributed by atoms with Crippen LogP contribution in [0, 0.1) is 0 Å². The van der Waals surface area contributed by atoms with Crippen molar-refractivity contribution >= 4 is 11.7 Å². The maximum Gasteiger partial charge on any atom is 0.328 e. The number of aliphatic carboxylic acids is 1. The van der Waals surface area contributed by atoms with Crippen LogP contribution in [-0.2, 0) is 4.79 Å². The first-order valence-electron chi connectivity index (χ1n) is 4.93. The van der Waals surface area contributed by atoms with Crippen molar-refractivity contribution in [3.05, 3.63) is 36.4 Å². The van der Waals surface area contributed by atoms with Crippen molar-refractivity contribution in [1.82, 2.24) is 0 Å². The van der Waals surface area contributed by atoms with E-state index in [0.717, 1.165) is 17.5 Å². The summed E-state index contributed by atoms with van der Waals surface area (Å²) in [6.45, 7) is 1.88. The van der Waals surface area contributed by atoms with E-state index in [1.165, 1.54) is 0 Å². The van der Waals surface area contributed by atoms with Gasteiger partial charge in [-0.05, 0) is 31.2 Å². The third-order valence-corrected chi connectivity index (χ3v) is 2.01. The van der Waals surface area contributed by atoms with Crippen LogP contribution in [0.25, 0.3) is 0 Å². The molecule has 0 saturated heterocycles. The number of ether oxygens (including phenoxy) is 1. The Morgan fingerprint density at radius 2 is 2.06 bits per heavy atom. The Morgan fingerprint density at radius 1 is 1.44 bits per heavy atom. The van der Waals surface area contributed by atoms with E-state index in [2.05, 4.69) is 5.32 Å². The lowest BCUT2D eigenvalue weighted by atomic mass is 10.2. The number of carboxylic acids is 1. The van der Waals surface area contributed by atoms with Gasteiger partial charge in [-0.1, -0.05) is 6.08 Å². The highest BCUT2D eigenvalue weighted by molar-refractivity contribution is 5.79. The van der Waals surface area contributed by atoms with Gasteiger partial charge >= 0.3 is 5.97 Å². The monoisotopic (exact) mass is 221 g/mol. The summed E-state index contributed by atoms with van der Waals surface area (Å²) in [5.74, 6) is -0.150. The second kappa shape index (κ2) is 5.80. The molecule has 0 fully saturated rings. The first-order chi connectivity index (χ1) is 7.61. The second-order valence-corrected chi connectivity index (χ2v) is 3.36. The third-order valence-electron chi connectivity index (χ3n) is 2.01. The maximum atomic E-state index is 10.3. The molecule has 86 valence electrons. The molecule has 0 heterocycles. The van der Waals surface area contributed by atoms with Gasteiger partial charge in [-0.15, -0.1) is 0 Å².